The molecule has 0 aromatic heterocycles. The molecule has 0 atom stereocenters. The van der Waals surface area contributed by atoms with Crippen LogP contribution in [0.4, 0.5) is 0 Å². The van der Waals surface area contributed by atoms with Crippen LogP contribution in [0.5, 0.6) is 5.75 Å². The molecule has 0 heterocycles. The Morgan fingerprint density at radius 3 is 2.86 bits per heavy atom. The molecule has 3 heteroatoms. The largest absolute Gasteiger partial charge is 0.492 e. The lowest BCUT2D eigenvalue weighted by atomic mass is 10.2. The van der Waals surface area contributed by atoms with Crippen molar-refractivity contribution in [2.45, 2.75) is 19.8 Å². The number of alkyl halides is 1. The quantitative estimate of drug-likeness (QED) is 0.579. The van der Waals surface area contributed by atoms with Crippen molar-refractivity contribution in [2.75, 3.05) is 11.9 Å². The van der Waals surface area contributed by atoms with Crippen LogP contribution in [-0.2, 0) is 0 Å². The van der Waals surface area contributed by atoms with Crippen molar-refractivity contribution >= 4 is 27.5 Å². The number of aryl methyl sites for hydroxylation is 1. The highest BCUT2D eigenvalue weighted by Crippen LogP contribution is 2.25. The lowest BCUT2D eigenvalue weighted by Gasteiger charge is -2.07. The number of hydrogen-bond acceptors (Lipinski definition) is 1. The van der Waals surface area contributed by atoms with E-state index in [4.69, 9.17) is 16.3 Å². The van der Waals surface area contributed by atoms with E-state index in [-0.39, 0.29) is 0 Å². The topological polar surface area (TPSA) is 9.23 Å². The molecule has 1 rings (SSSR count). The van der Waals surface area contributed by atoms with Gasteiger partial charge in [0.25, 0.3) is 0 Å². The fourth-order valence-corrected chi connectivity index (χ4v) is 1.67. The molecular formula is C11H14BrClO. The second-order valence-corrected chi connectivity index (χ2v) is 4.38. The highest BCUT2D eigenvalue weighted by atomic mass is 79.9. The van der Waals surface area contributed by atoms with E-state index in [1.807, 2.05) is 25.1 Å². The lowest BCUT2D eigenvalue weighted by Crippen LogP contribution is -1.98. The Morgan fingerprint density at radius 2 is 2.14 bits per heavy atom. The maximum Gasteiger partial charge on any atom is 0.138 e. The summed E-state index contributed by atoms with van der Waals surface area (Å²) in [4.78, 5) is 0. The van der Waals surface area contributed by atoms with Crippen LogP contribution in [0.15, 0.2) is 18.2 Å². The van der Waals surface area contributed by atoms with Crippen LogP contribution in [0.2, 0.25) is 5.02 Å². The zero-order chi connectivity index (χ0) is 10.4. The van der Waals surface area contributed by atoms with Gasteiger partial charge in [-0.15, -0.1) is 0 Å². The van der Waals surface area contributed by atoms with Gasteiger partial charge in [0.15, 0.2) is 0 Å². The SMILES string of the molecule is Cc1ccc(Cl)c(OCCCCBr)c1. The van der Waals surface area contributed by atoms with Crippen LogP contribution < -0.4 is 4.74 Å². The van der Waals surface area contributed by atoms with Gasteiger partial charge < -0.3 is 4.74 Å². The number of rotatable bonds is 5. The second kappa shape index (κ2) is 6.31. The first-order chi connectivity index (χ1) is 6.74. The Labute approximate surface area is 98.5 Å². The molecule has 0 bridgehead atoms. The van der Waals surface area contributed by atoms with Gasteiger partial charge in [-0.3, -0.25) is 0 Å². The monoisotopic (exact) mass is 276 g/mol. The average Bonchev–Trinajstić information content (AvgIpc) is 2.18. The second-order valence-electron chi connectivity index (χ2n) is 3.18. The summed E-state index contributed by atoms with van der Waals surface area (Å²) in [5, 5.41) is 1.72. The Balaban J connectivity index is 2.45. The van der Waals surface area contributed by atoms with Crippen molar-refractivity contribution < 1.29 is 4.74 Å². The molecule has 0 saturated heterocycles. The molecule has 0 aliphatic heterocycles. The number of hydrogen-bond donors (Lipinski definition) is 0. The Kier molecular flexibility index (Phi) is 5.34. The van der Waals surface area contributed by atoms with Gasteiger partial charge in [-0.1, -0.05) is 33.6 Å². The molecule has 0 spiro atoms. The molecule has 0 aliphatic rings. The minimum absolute atomic E-state index is 0.689. The predicted molar refractivity (Wildman–Crippen MR) is 64.7 cm³/mol. The van der Waals surface area contributed by atoms with Crippen LogP contribution >= 0.6 is 27.5 Å². The Hall–Kier alpha value is -0.210. The lowest BCUT2D eigenvalue weighted by molar-refractivity contribution is 0.310. The van der Waals surface area contributed by atoms with Gasteiger partial charge in [-0.2, -0.15) is 0 Å². The van der Waals surface area contributed by atoms with E-state index < -0.39 is 0 Å². The molecule has 1 aromatic rings. The number of unbranched alkanes of at least 4 members (excludes halogenated alkanes) is 1. The summed E-state index contributed by atoms with van der Waals surface area (Å²) in [6, 6.07) is 5.82. The van der Waals surface area contributed by atoms with Crippen molar-refractivity contribution in [1.82, 2.24) is 0 Å². The van der Waals surface area contributed by atoms with E-state index in [9.17, 15) is 0 Å². The van der Waals surface area contributed by atoms with Crippen molar-refractivity contribution in [2.24, 2.45) is 0 Å². The Morgan fingerprint density at radius 1 is 1.36 bits per heavy atom. The third-order valence-corrected chi connectivity index (χ3v) is 2.75. The average molecular weight is 278 g/mol. The normalized spacial score (nSPS) is 10.2. The smallest absolute Gasteiger partial charge is 0.138 e. The minimum Gasteiger partial charge on any atom is -0.492 e. The third kappa shape index (κ3) is 3.89. The maximum atomic E-state index is 5.97. The van der Waals surface area contributed by atoms with Crippen LogP contribution in [0, 0.1) is 6.92 Å². The molecule has 1 nitrogen and oxygen atoms in total. The fraction of sp³-hybridized carbons (Fsp3) is 0.455. The van der Waals surface area contributed by atoms with Crippen molar-refractivity contribution in [3.05, 3.63) is 28.8 Å². The van der Waals surface area contributed by atoms with Crippen LogP contribution in [0.3, 0.4) is 0 Å². The molecular weight excluding hydrogens is 263 g/mol. The number of benzene rings is 1. The van der Waals surface area contributed by atoms with Gasteiger partial charge >= 0.3 is 0 Å². The van der Waals surface area contributed by atoms with Crippen molar-refractivity contribution in [1.29, 1.82) is 0 Å². The summed E-state index contributed by atoms with van der Waals surface area (Å²) >= 11 is 9.36. The molecule has 0 unspecified atom stereocenters. The molecule has 1 aromatic carbocycles. The molecule has 0 aliphatic carbocycles. The molecule has 0 radical (unpaired) electrons. The van der Waals surface area contributed by atoms with Gasteiger partial charge in [0, 0.05) is 5.33 Å². The van der Waals surface area contributed by atoms with E-state index in [1.165, 1.54) is 5.56 Å². The van der Waals surface area contributed by atoms with Gasteiger partial charge in [-0.05, 0) is 37.5 Å². The summed E-state index contributed by atoms with van der Waals surface area (Å²) in [5.74, 6) is 0.793. The summed E-state index contributed by atoms with van der Waals surface area (Å²) in [5.41, 5.74) is 1.17. The van der Waals surface area contributed by atoms with E-state index in [0.717, 1.165) is 30.5 Å². The number of ether oxygens (including phenoxy) is 1. The molecule has 0 N–H and O–H groups in total. The molecule has 0 fully saturated rings. The zero-order valence-corrected chi connectivity index (χ0v) is 10.6. The maximum absolute atomic E-state index is 5.97. The highest BCUT2D eigenvalue weighted by molar-refractivity contribution is 9.09. The first-order valence-corrected chi connectivity index (χ1v) is 6.19. The predicted octanol–water partition coefficient (Wildman–Crippen LogP) is 4.20. The number of halogens is 2. The first kappa shape index (κ1) is 11.9. The van der Waals surface area contributed by atoms with E-state index in [1.54, 1.807) is 0 Å². The van der Waals surface area contributed by atoms with Crippen LogP contribution in [0.1, 0.15) is 18.4 Å². The van der Waals surface area contributed by atoms with Crippen molar-refractivity contribution in [3.8, 4) is 5.75 Å². The Bertz CT molecular complexity index is 289. The summed E-state index contributed by atoms with van der Waals surface area (Å²) in [7, 11) is 0. The third-order valence-electron chi connectivity index (χ3n) is 1.87. The highest BCUT2D eigenvalue weighted by Gasteiger charge is 2.00. The van der Waals surface area contributed by atoms with Gasteiger partial charge in [-0.25, -0.2) is 0 Å². The van der Waals surface area contributed by atoms with Gasteiger partial charge in [0.05, 0.1) is 11.6 Å². The fourth-order valence-electron chi connectivity index (χ4n) is 1.10. The standard InChI is InChI=1S/C11H14BrClO/c1-9-4-5-10(13)11(8-9)14-7-3-2-6-12/h4-5,8H,2-3,6-7H2,1H3. The summed E-state index contributed by atoms with van der Waals surface area (Å²) in [6.07, 6.45) is 2.18. The summed E-state index contributed by atoms with van der Waals surface area (Å²) in [6.45, 7) is 2.76. The first-order valence-electron chi connectivity index (χ1n) is 4.69. The molecule has 14 heavy (non-hydrogen) atoms. The van der Waals surface area contributed by atoms with E-state index >= 15 is 0 Å². The van der Waals surface area contributed by atoms with Crippen molar-refractivity contribution in [3.63, 3.8) is 0 Å². The molecule has 78 valence electrons. The van der Waals surface area contributed by atoms with Gasteiger partial charge in [0.1, 0.15) is 5.75 Å². The van der Waals surface area contributed by atoms with E-state index in [2.05, 4.69) is 15.9 Å². The minimum atomic E-state index is 0.689. The molecule has 0 amide bonds. The van der Waals surface area contributed by atoms with Crippen LogP contribution in [0.25, 0.3) is 0 Å². The van der Waals surface area contributed by atoms with E-state index in [0.29, 0.717) is 5.02 Å². The van der Waals surface area contributed by atoms with Crippen LogP contribution in [-0.4, -0.2) is 11.9 Å². The zero-order valence-electron chi connectivity index (χ0n) is 8.22. The van der Waals surface area contributed by atoms with Gasteiger partial charge in [0.2, 0.25) is 0 Å². The molecule has 0 saturated carbocycles. The summed E-state index contributed by atoms with van der Waals surface area (Å²) < 4.78 is 5.57.